The third-order valence-corrected chi connectivity index (χ3v) is 5.57. The summed E-state index contributed by atoms with van der Waals surface area (Å²) in [7, 11) is 0. The molecule has 0 spiro atoms. The Labute approximate surface area is 159 Å². The molecular formula is C20H16N2O2S2. The zero-order valence-electron chi connectivity index (χ0n) is 13.9. The molecule has 4 aromatic rings. The van der Waals surface area contributed by atoms with Gasteiger partial charge in [0.2, 0.25) is 11.8 Å². The smallest absolute Gasteiger partial charge is 0.247 e. The van der Waals surface area contributed by atoms with Crippen LogP contribution in [0.3, 0.4) is 0 Å². The van der Waals surface area contributed by atoms with Gasteiger partial charge in [-0.3, -0.25) is 4.79 Å². The lowest BCUT2D eigenvalue weighted by Crippen LogP contribution is -2.27. The van der Waals surface area contributed by atoms with Crippen molar-refractivity contribution in [2.45, 2.75) is 13.1 Å². The predicted molar refractivity (Wildman–Crippen MR) is 106 cm³/mol. The molecule has 3 aromatic heterocycles. The van der Waals surface area contributed by atoms with E-state index in [4.69, 9.17) is 4.42 Å². The Hall–Kier alpha value is -2.70. The van der Waals surface area contributed by atoms with Crippen LogP contribution >= 0.6 is 22.7 Å². The standard InChI is InChI=1S/C20H16N2O2S2/c23-20(10-9-19-21-17-7-1-2-8-18(17)24-19)22(13-15-5-3-11-25-15)14-16-6-4-12-26-16/h1-12H,13-14H2/b10-9+. The molecule has 3 heterocycles. The molecule has 0 atom stereocenters. The minimum absolute atomic E-state index is 0.0611. The number of thiophene rings is 2. The summed E-state index contributed by atoms with van der Waals surface area (Å²) in [6, 6.07) is 15.7. The fourth-order valence-corrected chi connectivity index (χ4v) is 4.04. The maximum Gasteiger partial charge on any atom is 0.247 e. The lowest BCUT2D eigenvalue weighted by Gasteiger charge is -2.19. The van der Waals surface area contributed by atoms with E-state index in [0.29, 0.717) is 24.6 Å². The van der Waals surface area contributed by atoms with E-state index in [9.17, 15) is 4.79 Å². The number of fused-ring (bicyclic) bond motifs is 1. The minimum atomic E-state index is -0.0611. The molecule has 26 heavy (non-hydrogen) atoms. The Morgan fingerprint density at radius 2 is 1.69 bits per heavy atom. The minimum Gasteiger partial charge on any atom is -0.437 e. The van der Waals surface area contributed by atoms with Crippen molar-refractivity contribution in [3.8, 4) is 0 Å². The van der Waals surface area contributed by atoms with Crippen LogP contribution in [0.25, 0.3) is 17.2 Å². The molecule has 130 valence electrons. The summed E-state index contributed by atoms with van der Waals surface area (Å²) in [6.07, 6.45) is 3.17. The Morgan fingerprint density at radius 1 is 1.00 bits per heavy atom. The zero-order valence-corrected chi connectivity index (χ0v) is 15.5. The predicted octanol–water partition coefficient (Wildman–Crippen LogP) is 5.19. The third kappa shape index (κ3) is 3.92. The molecule has 0 saturated heterocycles. The molecule has 0 bridgehead atoms. The van der Waals surface area contributed by atoms with Crippen LogP contribution in [0.1, 0.15) is 15.6 Å². The summed E-state index contributed by atoms with van der Waals surface area (Å²) in [5.41, 5.74) is 1.50. The molecule has 0 N–H and O–H groups in total. The highest BCUT2D eigenvalue weighted by molar-refractivity contribution is 7.10. The lowest BCUT2D eigenvalue weighted by atomic mass is 10.3. The molecule has 0 unspecified atom stereocenters. The van der Waals surface area contributed by atoms with Gasteiger partial charge in [-0.1, -0.05) is 24.3 Å². The van der Waals surface area contributed by atoms with Gasteiger partial charge < -0.3 is 9.32 Å². The number of amides is 1. The maximum absolute atomic E-state index is 12.8. The van der Waals surface area contributed by atoms with Crippen LogP contribution in [-0.2, 0) is 17.9 Å². The molecule has 0 fully saturated rings. The van der Waals surface area contributed by atoms with E-state index >= 15 is 0 Å². The number of rotatable bonds is 6. The zero-order chi connectivity index (χ0) is 17.8. The van der Waals surface area contributed by atoms with E-state index in [1.165, 1.54) is 6.08 Å². The van der Waals surface area contributed by atoms with E-state index in [1.807, 2.05) is 64.2 Å². The number of hydrogen-bond acceptors (Lipinski definition) is 5. The maximum atomic E-state index is 12.8. The van der Waals surface area contributed by atoms with E-state index in [0.717, 1.165) is 15.3 Å². The second-order valence-corrected chi connectivity index (χ2v) is 7.77. The Balaban J connectivity index is 1.52. The van der Waals surface area contributed by atoms with Gasteiger partial charge in [-0.05, 0) is 35.0 Å². The topological polar surface area (TPSA) is 46.3 Å². The Morgan fingerprint density at radius 3 is 2.31 bits per heavy atom. The van der Waals surface area contributed by atoms with Crippen molar-refractivity contribution in [3.05, 3.63) is 81.0 Å². The van der Waals surface area contributed by atoms with Crippen LogP contribution in [0.5, 0.6) is 0 Å². The van der Waals surface area contributed by atoms with Gasteiger partial charge in [-0.2, -0.15) is 0 Å². The van der Waals surface area contributed by atoms with Crippen LogP contribution in [0.2, 0.25) is 0 Å². The van der Waals surface area contributed by atoms with E-state index < -0.39 is 0 Å². The monoisotopic (exact) mass is 380 g/mol. The van der Waals surface area contributed by atoms with Crippen LogP contribution in [0, 0.1) is 0 Å². The summed E-state index contributed by atoms with van der Waals surface area (Å²) >= 11 is 3.31. The first kappa shape index (κ1) is 16.8. The summed E-state index contributed by atoms with van der Waals surface area (Å²) in [4.78, 5) is 21.3. The number of carbonyl (C=O) groups excluding carboxylic acids is 1. The highest BCUT2D eigenvalue weighted by Gasteiger charge is 2.14. The van der Waals surface area contributed by atoms with Crippen LogP contribution in [0.15, 0.2) is 69.8 Å². The van der Waals surface area contributed by atoms with Crippen molar-refractivity contribution in [1.82, 2.24) is 9.88 Å². The van der Waals surface area contributed by atoms with E-state index in [2.05, 4.69) is 4.98 Å². The Kier molecular flexibility index (Phi) is 4.95. The highest BCUT2D eigenvalue weighted by atomic mass is 32.1. The van der Waals surface area contributed by atoms with Gasteiger partial charge in [0.25, 0.3) is 0 Å². The Bertz CT molecular complexity index is 948. The van der Waals surface area contributed by atoms with Crippen LogP contribution < -0.4 is 0 Å². The number of oxazole rings is 1. The van der Waals surface area contributed by atoms with Gasteiger partial charge in [-0.25, -0.2) is 4.98 Å². The third-order valence-electron chi connectivity index (χ3n) is 3.84. The molecule has 4 rings (SSSR count). The van der Waals surface area contributed by atoms with Crippen molar-refractivity contribution in [2.24, 2.45) is 0 Å². The van der Waals surface area contributed by atoms with E-state index in [-0.39, 0.29) is 5.91 Å². The average molecular weight is 380 g/mol. The van der Waals surface area contributed by atoms with Crippen LogP contribution in [0.4, 0.5) is 0 Å². The summed E-state index contributed by atoms with van der Waals surface area (Å²) in [6.45, 7) is 1.18. The molecule has 0 aliphatic carbocycles. The summed E-state index contributed by atoms with van der Waals surface area (Å²) in [5.74, 6) is 0.376. The number of carbonyl (C=O) groups is 1. The first-order valence-electron chi connectivity index (χ1n) is 8.15. The second-order valence-electron chi connectivity index (χ2n) is 5.71. The van der Waals surface area contributed by atoms with Crippen molar-refractivity contribution < 1.29 is 9.21 Å². The van der Waals surface area contributed by atoms with Gasteiger partial charge in [0.15, 0.2) is 5.58 Å². The normalized spacial score (nSPS) is 11.4. The van der Waals surface area contributed by atoms with Crippen molar-refractivity contribution in [3.63, 3.8) is 0 Å². The highest BCUT2D eigenvalue weighted by Crippen LogP contribution is 2.19. The molecule has 4 nitrogen and oxygen atoms in total. The number of para-hydroxylation sites is 2. The molecule has 0 aliphatic rings. The van der Waals surface area contributed by atoms with Crippen molar-refractivity contribution in [2.75, 3.05) is 0 Å². The number of hydrogen-bond donors (Lipinski definition) is 0. The first-order chi connectivity index (χ1) is 12.8. The molecule has 6 heteroatoms. The summed E-state index contributed by atoms with van der Waals surface area (Å²) in [5, 5.41) is 4.05. The second kappa shape index (κ2) is 7.68. The van der Waals surface area contributed by atoms with E-state index in [1.54, 1.807) is 28.7 Å². The molecule has 1 aromatic carbocycles. The van der Waals surface area contributed by atoms with Gasteiger partial charge in [-0.15, -0.1) is 22.7 Å². The molecule has 1 amide bonds. The largest absolute Gasteiger partial charge is 0.437 e. The van der Waals surface area contributed by atoms with Crippen LogP contribution in [-0.4, -0.2) is 15.8 Å². The lowest BCUT2D eigenvalue weighted by molar-refractivity contribution is -0.127. The molecule has 0 saturated carbocycles. The number of benzene rings is 1. The van der Waals surface area contributed by atoms with Gasteiger partial charge >= 0.3 is 0 Å². The average Bonchev–Trinajstić information content (AvgIpc) is 3.40. The fraction of sp³-hybridized carbons (Fsp3) is 0.100. The van der Waals surface area contributed by atoms with Crippen molar-refractivity contribution in [1.29, 1.82) is 0 Å². The van der Waals surface area contributed by atoms with Crippen molar-refractivity contribution >= 4 is 45.8 Å². The SMILES string of the molecule is O=C(/C=C/c1nc2ccccc2o1)N(Cc1cccs1)Cc1cccs1. The van der Waals surface area contributed by atoms with Gasteiger partial charge in [0.05, 0.1) is 13.1 Å². The fourth-order valence-electron chi connectivity index (χ4n) is 2.60. The molecular weight excluding hydrogens is 364 g/mol. The first-order valence-corrected chi connectivity index (χ1v) is 9.91. The molecule has 0 aliphatic heterocycles. The van der Waals surface area contributed by atoms with Gasteiger partial charge in [0.1, 0.15) is 5.52 Å². The van der Waals surface area contributed by atoms with Gasteiger partial charge in [0, 0.05) is 21.9 Å². The molecule has 0 radical (unpaired) electrons. The summed E-state index contributed by atoms with van der Waals surface area (Å²) < 4.78 is 5.65. The quantitative estimate of drug-likeness (QED) is 0.432. The number of aromatic nitrogens is 1. The number of nitrogens with zero attached hydrogens (tertiary/aromatic N) is 2.